The Labute approximate surface area is 262 Å². The summed E-state index contributed by atoms with van der Waals surface area (Å²) in [7, 11) is 0. The zero-order chi connectivity index (χ0) is 32.3. The van der Waals surface area contributed by atoms with Gasteiger partial charge < -0.3 is 10.1 Å². The molecule has 0 aliphatic rings. The Balaban J connectivity index is 1.25. The van der Waals surface area contributed by atoms with Crippen LogP contribution in [0.25, 0.3) is 22.8 Å². The summed E-state index contributed by atoms with van der Waals surface area (Å²) in [6, 6.07) is 17.0. The van der Waals surface area contributed by atoms with Crippen molar-refractivity contribution in [1.82, 2.24) is 24.6 Å². The first-order chi connectivity index (χ1) is 21.4. The SMILES string of the molecule is CCC(CNC(=O)N=c1scc(C)n1-c1c(C)cc(C)cc1C)c1ccc(-c2ncn(-c3ccc(OC(F)(F)F)cc3)n2)cc1. The van der Waals surface area contributed by atoms with Crippen molar-refractivity contribution >= 4 is 17.4 Å². The van der Waals surface area contributed by atoms with Gasteiger partial charge in [-0.3, -0.25) is 4.57 Å². The van der Waals surface area contributed by atoms with Crippen molar-refractivity contribution in [3.8, 4) is 28.5 Å². The molecule has 0 radical (unpaired) electrons. The summed E-state index contributed by atoms with van der Waals surface area (Å²) in [5.74, 6) is 0.228. The van der Waals surface area contributed by atoms with E-state index in [1.807, 2.05) is 41.1 Å². The molecule has 2 heterocycles. The van der Waals surface area contributed by atoms with Gasteiger partial charge in [-0.25, -0.2) is 14.5 Å². The van der Waals surface area contributed by atoms with E-state index in [0.29, 0.717) is 22.9 Å². The summed E-state index contributed by atoms with van der Waals surface area (Å²) >= 11 is 1.43. The van der Waals surface area contributed by atoms with Gasteiger partial charge in [-0.05, 0) is 75.1 Å². The molecule has 2 amide bonds. The first-order valence-electron chi connectivity index (χ1n) is 14.4. The molecular formula is C33H33F3N6O2S. The zero-order valence-electron chi connectivity index (χ0n) is 25.5. The lowest BCUT2D eigenvalue weighted by molar-refractivity contribution is -0.274. The second-order valence-corrected chi connectivity index (χ2v) is 11.7. The van der Waals surface area contributed by atoms with E-state index in [4.69, 9.17) is 0 Å². The predicted octanol–water partition coefficient (Wildman–Crippen LogP) is 7.72. The van der Waals surface area contributed by atoms with Crippen LogP contribution in [0.3, 0.4) is 0 Å². The van der Waals surface area contributed by atoms with Gasteiger partial charge in [0.1, 0.15) is 12.1 Å². The van der Waals surface area contributed by atoms with Gasteiger partial charge in [-0.2, -0.15) is 4.99 Å². The van der Waals surface area contributed by atoms with Gasteiger partial charge in [0.2, 0.25) is 0 Å². The van der Waals surface area contributed by atoms with Gasteiger partial charge in [-0.15, -0.1) is 29.6 Å². The topological polar surface area (TPSA) is 86.3 Å². The van der Waals surface area contributed by atoms with E-state index in [1.165, 1.54) is 52.2 Å². The van der Waals surface area contributed by atoms with Crippen LogP contribution >= 0.6 is 11.3 Å². The smallest absolute Gasteiger partial charge is 0.406 e. The highest BCUT2D eigenvalue weighted by Gasteiger charge is 2.31. The predicted molar refractivity (Wildman–Crippen MR) is 168 cm³/mol. The van der Waals surface area contributed by atoms with Crippen molar-refractivity contribution in [2.24, 2.45) is 4.99 Å². The number of halogens is 3. The Morgan fingerprint density at radius 1 is 1.02 bits per heavy atom. The van der Waals surface area contributed by atoms with Gasteiger partial charge in [0.25, 0.3) is 0 Å². The molecule has 0 spiro atoms. The minimum absolute atomic E-state index is 0.0694. The first-order valence-corrected chi connectivity index (χ1v) is 15.3. The normalized spacial score (nSPS) is 12.8. The fraction of sp³-hybridized carbons (Fsp3) is 0.273. The molecule has 0 aliphatic carbocycles. The molecule has 1 atom stereocenters. The van der Waals surface area contributed by atoms with Crippen molar-refractivity contribution in [2.75, 3.05) is 6.54 Å². The zero-order valence-corrected chi connectivity index (χ0v) is 26.3. The number of benzene rings is 3. The third-order valence-electron chi connectivity index (χ3n) is 7.39. The van der Waals surface area contributed by atoms with E-state index in [1.54, 1.807) is 0 Å². The van der Waals surface area contributed by atoms with Crippen molar-refractivity contribution in [3.05, 3.63) is 105 Å². The molecule has 45 heavy (non-hydrogen) atoms. The molecule has 0 saturated heterocycles. The largest absolute Gasteiger partial charge is 0.573 e. The summed E-state index contributed by atoms with van der Waals surface area (Å²) in [4.78, 5) is 22.4. The standard InChI is InChI=1S/C33H33F3N6O2S/c1-6-24(17-37-31(43)39-32-42(23(5)18-45-32)29-21(3)15-20(2)16-22(29)4)25-7-9-26(10-8-25)30-38-19-41(40-30)27-11-13-28(14-12-27)44-33(34,35)36/h7-16,18-19,24H,6,17H2,1-5H3,(H,37,43). The summed E-state index contributed by atoms with van der Waals surface area (Å²) in [5.41, 5.74) is 7.87. The van der Waals surface area contributed by atoms with Gasteiger partial charge >= 0.3 is 12.4 Å². The minimum Gasteiger partial charge on any atom is -0.406 e. The lowest BCUT2D eigenvalue weighted by atomic mass is 9.95. The average molecular weight is 635 g/mol. The molecule has 2 aromatic heterocycles. The van der Waals surface area contributed by atoms with Gasteiger partial charge in [0, 0.05) is 29.1 Å². The van der Waals surface area contributed by atoms with E-state index in [9.17, 15) is 18.0 Å². The van der Waals surface area contributed by atoms with Crippen LogP contribution in [0.2, 0.25) is 0 Å². The van der Waals surface area contributed by atoms with Crippen molar-refractivity contribution in [3.63, 3.8) is 0 Å². The molecule has 0 aliphatic heterocycles. The quantitative estimate of drug-likeness (QED) is 0.189. The molecule has 5 aromatic rings. The van der Waals surface area contributed by atoms with E-state index >= 15 is 0 Å². The maximum absolute atomic E-state index is 13.0. The number of aryl methyl sites for hydroxylation is 4. The van der Waals surface area contributed by atoms with Crippen LogP contribution in [0.1, 0.15) is 47.2 Å². The monoisotopic (exact) mass is 634 g/mol. The Bertz CT molecular complexity index is 1850. The Hall–Kier alpha value is -4.71. The molecule has 5 rings (SSSR count). The molecule has 3 aromatic carbocycles. The average Bonchev–Trinajstić information content (AvgIpc) is 3.61. The number of urea groups is 1. The van der Waals surface area contributed by atoms with Crippen molar-refractivity contribution < 1.29 is 22.7 Å². The number of thiazole rings is 1. The highest BCUT2D eigenvalue weighted by Crippen LogP contribution is 2.26. The van der Waals surface area contributed by atoms with Crippen LogP contribution in [0.4, 0.5) is 18.0 Å². The number of ether oxygens (including phenoxy) is 1. The molecule has 1 unspecified atom stereocenters. The maximum atomic E-state index is 13.0. The number of aromatic nitrogens is 4. The van der Waals surface area contributed by atoms with Crippen LogP contribution in [-0.2, 0) is 0 Å². The summed E-state index contributed by atoms with van der Waals surface area (Å²) < 4.78 is 44.8. The number of hydrogen-bond acceptors (Lipinski definition) is 5. The summed E-state index contributed by atoms with van der Waals surface area (Å²) in [6.45, 7) is 10.7. The third kappa shape index (κ3) is 7.51. The molecular weight excluding hydrogens is 601 g/mol. The number of nitrogens with one attached hydrogen (secondary N) is 1. The number of nitrogens with zero attached hydrogens (tertiary/aromatic N) is 5. The highest BCUT2D eigenvalue weighted by atomic mass is 32.1. The lowest BCUT2D eigenvalue weighted by Gasteiger charge is -2.16. The van der Waals surface area contributed by atoms with Crippen LogP contribution < -0.4 is 14.9 Å². The van der Waals surface area contributed by atoms with Crippen molar-refractivity contribution in [1.29, 1.82) is 0 Å². The Morgan fingerprint density at radius 3 is 2.31 bits per heavy atom. The second-order valence-electron chi connectivity index (χ2n) is 10.8. The van der Waals surface area contributed by atoms with E-state index in [-0.39, 0.29) is 11.7 Å². The van der Waals surface area contributed by atoms with Gasteiger partial charge in [0.05, 0.1) is 11.4 Å². The van der Waals surface area contributed by atoms with Crippen molar-refractivity contribution in [2.45, 2.75) is 53.3 Å². The van der Waals surface area contributed by atoms with Crippen LogP contribution in [0.15, 0.2) is 77.4 Å². The number of amides is 2. The molecule has 12 heteroatoms. The Morgan fingerprint density at radius 2 is 1.69 bits per heavy atom. The lowest BCUT2D eigenvalue weighted by Crippen LogP contribution is -2.28. The number of carbonyl (C=O) groups is 1. The van der Waals surface area contributed by atoms with Gasteiger partial charge in [-0.1, -0.05) is 48.9 Å². The molecule has 0 fully saturated rings. The fourth-order valence-electron chi connectivity index (χ4n) is 5.33. The number of hydrogen-bond donors (Lipinski definition) is 1. The summed E-state index contributed by atoms with van der Waals surface area (Å²) in [6.07, 6.45) is -2.45. The third-order valence-corrected chi connectivity index (χ3v) is 8.34. The van der Waals surface area contributed by atoms with Crippen LogP contribution in [0, 0.1) is 27.7 Å². The molecule has 0 bridgehead atoms. The first kappa shape index (κ1) is 31.7. The van der Waals surface area contributed by atoms with Gasteiger partial charge in [0.15, 0.2) is 10.6 Å². The second kappa shape index (κ2) is 13.1. The molecule has 234 valence electrons. The van der Waals surface area contributed by atoms with Crippen LogP contribution in [-0.4, -0.2) is 38.3 Å². The number of alkyl halides is 3. The Kier molecular flexibility index (Phi) is 9.24. The van der Waals surface area contributed by atoms with E-state index < -0.39 is 12.4 Å². The highest BCUT2D eigenvalue weighted by molar-refractivity contribution is 7.07. The maximum Gasteiger partial charge on any atom is 0.573 e. The summed E-state index contributed by atoms with van der Waals surface area (Å²) in [5, 5.41) is 9.45. The van der Waals surface area contributed by atoms with E-state index in [0.717, 1.165) is 40.1 Å². The minimum atomic E-state index is -4.75. The number of carbonyl (C=O) groups excluding carboxylic acids is 1. The van der Waals surface area contributed by atoms with Crippen LogP contribution in [0.5, 0.6) is 5.75 Å². The number of rotatable bonds is 8. The molecule has 0 saturated carbocycles. The molecule has 1 N–H and O–H groups in total. The molecule has 8 nitrogen and oxygen atoms in total. The fourth-order valence-corrected chi connectivity index (χ4v) is 6.18. The van der Waals surface area contributed by atoms with E-state index in [2.05, 4.69) is 65.0 Å².